The number of hydrogen-bond donors (Lipinski definition) is 0. The summed E-state index contributed by atoms with van der Waals surface area (Å²) in [5, 5.41) is 1.92. The van der Waals surface area contributed by atoms with Crippen molar-refractivity contribution in [1.29, 1.82) is 0 Å². The molecule has 2 aromatic heterocycles. The first-order valence-electron chi connectivity index (χ1n) is 8.09. The molecule has 0 bridgehead atoms. The molecule has 5 nitrogen and oxygen atoms in total. The van der Waals surface area contributed by atoms with Crippen molar-refractivity contribution in [2.24, 2.45) is 7.05 Å². The zero-order valence-corrected chi connectivity index (χ0v) is 13.6. The number of benzene rings is 1. The summed E-state index contributed by atoms with van der Waals surface area (Å²) in [6, 6.07) is 13.7. The molecule has 1 unspecified atom stereocenters. The molecule has 0 radical (unpaired) electrons. The molecule has 1 aromatic carbocycles. The van der Waals surface area contributed by atoms with E-state index in [1.807, 2.05) is 65.2 Å². The fourth-order valence-electron chi connectivity index (χ4n) is 3.34. The van der Waals surface area contributed by atoms with E-state index < -0.39 is 0 Å². The SMILES string of the molecule is Cn1cccc1C1COCCN1C(=O)c1nccc2ccccc12. The number of amides is 1. The van der Waals surface area contributed by atoms with E-state index in [-0.39, 0.29) is 11.9 Å². The number of morpholine rings is 1. The van der Waals surface area contributed by atoms with Gasteiger partial charge >= 0.3 is 0 Å². The lowest BCUT2D eigenvalue weighted by molar-refractivity contribution is -0.00482. The van der Waals surface area contributed by atoms with Crippen LogP contribution in [0.25, 0.3) is 10.8 Å². The number of rotatable bonds is 2. The summed E-state index contributed by atoms with van der Waals surface area (Å²) in [6.07, 6.45) is 3.69. The van der Waals surface area contributed by atoms with Gasteiger partial charge in [-0.2, -0.15) is 0 Å². The first kappa shape index (κ1) is 14.9. The number of nitrogens with zero attached hydrogens (tertiary/aromatic N) is 3. The van der Waals surface area contributed by atoms with Crippen molar-refractivity contribution in [3.05, 3.63) is 66.2 Å². The number of aryl methyl sites for hydroxylation is 1. The van der Waals surface area contributed by atoms with Crippen molar-refractivity contribution in [3.8, 4) is 0 Å². The lowest BCUT2D eigenvalue weighted by atomic mass is 10.1. The van der Waals surface area contributed by atoms with Gasteiger partial charge in [0.25, 0.3) is 5.91 Å². The number of aromatic nitrogens is 2. The second-order valence-corrected chi connectivity index (χ2v) is 6.01. The van der Waals surface area contributed by atoms with Crippen LogP contribution in [-0.2, 0) is 11.8 Å². The van der Waals surface area contributed by atoms with Gasteiger partial charge in [0.05, 0.1) is 19.3 Å². The maximum atomic E-state index is 13.2. The minimum absolute atomic E-state index is 0.0405. The number of hydrogen-bond acceptors (Lipinski definition) is 3. The van der Waals surface area contributed by atoms with E-state index in [0.717, 1.165) is 16.5 Å². The molecule has 5 heteroatoms. The minimum Gasteiger partial charge on any atom is -0.377 e. The molecular formula is C19H19N3O2. The average Bonchev–Trinajstić information content (AvgIpc) is 3.06. The Morgan fingerprint density at radius 2 is 2.08 bits per heavy atom. The van der Waals surface area contributed by atoms with Crippen LogP contribution < -0.4 is 0 Å². The number of pyridine rings is 1. The Labute approximate surface area is 140 Å². The zero-order valence-electron chi connectivity index (χ0n) is 13.6. The van der Waals surface area contributed by atoms with E-state index in [0.29, 0.717) is 25.5 Å². The summed E-state index contributed by atoms with van der Waals surface area (Å²) in [7, 11) is 1.99. The van der Waals surface area contributed by atoms with Crippen molar-refractivity contribution in [2.45, 2.75) is 6.04 Å². The molecule has 0 spiro atoms. The highest BCUT2D eigenvalue weighted by Gasteiger charge is 2.31. The van der Waals surface area contributed by atoms with Gasteiger partial charge in [-0.3, -0.25) is 9.78 Å². The summed E-state index contributed by atoms with van der Waals surface area (Å²) in [5.41, 5.74) is 1.58. The standard InChI is InChI=1S/C19H19N3O2/c1-21-10-4-7-16(21)17-13-24-12-11-22(17)19(23)18-15-6-3-2-5-14(15)8-9-20-18/h2-10,17H,11-13H2,1H3. The van der Waals surface area contributed by atoms with E-state index in [1.165, 1.54) is 0 Å². The molecule has 122 valence electrons. The Balaban J connectivity index is 1.75. The Hall–Kier alpha value is -2.66. The molecule has 24 heavy (non-hydrogen) atoms. The third-order valence-corrected chi connectivity index (χ3v) is 4.59. The second kappa shape index (κ2) is 6.09. The predicted octanol–water partition coefficient (Wildman–Crippen LogP) is 2.79. The first-order valence-corrected chi connectivity index (χ1v) is 8.09. The molecule has 1 aliphatic heterocycles. The molecule has 1 saturated heterocycles. The fourth-order valence-corrected chi connectivity index (χ4v) is 3.34. The van der Waals surface area contributed by atoms with Gasteiger partial charge in [-0.1, -0.05) is 24.3 Å². The summed E-state index contributed by atoms with van der Waals surface area (Å²) < 4.78 is 7.67. The smallest absolute Gasteiger partial charge is 0.273 e. The summed E-state index contributed by atoms with van der Waals surface area (Å²) >= 11 is 0. The maximum Gasteiger partial charge on any atom is 0.273 e. The summed E-state index contributed by atoms with van der Waals surface area (Å²) in [4.78, 5) is 19.5. The van der Waals surface area contributed by atoms with E-state index in [4.69, 9.17) is 4.74 Å². The molecule has 0 saturated carbocycles. The van der Waals surface area contributed by atoms with Crippen LogP contribution in [0.15, 0.2) is 54.9 Å². The highest BCUT2D eigenvalue weighted by molar-refractivity contribution is 6.05. The lowest BCUT2D eigenvalue weighted by Gasteiger charge is -2.35. The molecule has 1 aliphatic rings. The highest BCUT2D eigenvalue weighted by atomic mass is 16.5. The second-order valence-electron chi connectivity index (χ2n) is 6.01. The van der Waals surface area contributed by atoms with Crippen LogP contribution in [-0.4, -0.2) is 40.1 Å². The monoisotopic (exact) mass is 321 g/mol. The third-order valence-electron chi connectivity index (χ3n) is 4.59. The van der Waals surface area contributed by atoms with Crippen molar-refractivity contribution in [2.75, 3.05) is 19.8 Å². The molecule has 1 fully saturated rings. The van der Waals surface area contributed by atoms with Crippen LogP contribution in [0.3, 0.4) is 0 Å². The number of ether oxygens (including phenoxy) is 1. The summed E-state index contributed by atoms with van der Waals surface area (Å²) in [5.74, 6) is -0.0405. The van der Waals surface area contributed by atoms with Gasteiger partial charge in [-0.05, 0) is 23.6 Å². The van der Waals surface area contributed by atoms with Crippen molar-refractivity contribution < 1.29 is 9.53 Å². The fraction of sp³-hybridized carbons (Fsp3) is 0.263. The molecule has 3 aromatic rings. The van der Waals surface area contributed by atoms with E-state index in [9.17, 15) is 4.79 Å². The van der Waals surface area contributed by atoms with Gasteiger partial charge in [-0.15, -0.1) is 0 Å². The number of fused-ring (bicyclic) bond motifs is 1. The van der Waals surface area contributed by atoms with Gasteiger partial charge < -0.3 is 14.2 Å². The highest BCUT2D eigenvalue weighted by Crippen LogP contribution is 2.27. The summed E-state index contributed by atoms with van der Waals surface area (Å²) in [6.45, 7) is 1.63. The average molecular weight is 321 g/mol. The Kier molecular flexibility index (Phi) is 3.78. The predicted molar refractivity (Wildman–Crippen MR) is 91.8 cm³/mol. The van der Waals surface area contributed by atoms with Crippen molar-refractivity contribution >= 4 is 16.7 Å². The van der Waals surface area contributed by atoms with Gasteiger partial charge in [0.1, 0.15) is 5.69 Å². The maximum absolute atomic E-state index is 13.2. The van der Waals surface area contributed by atoms with Gasteiger partial charge in [0.15, 0.2) is 0 Å². The Bertz CT molecular complexity index is 882. The molecule has 4 rings (SSSR count). The normalized spacial score (nSPS) is 18.0. The van der Waals surface area contributed by atoms with Crippen LogP contribution in [0, 0.1) is 0 Å². The Morgan fingerprint density at radius 3 is 2.92 bits per heavy atom. The number of carbonyl (C=O) groups excluding carboxylic acids is 1. The molecule has 0 aliphatic carbocycles. The number of carbonyl (C=O) groups is 1. The molecule has 3 heterocycles. The van der Waals surface area contributed by atoms with E-state index >= 15 is 0 Å². The van der Waals surface area contributed by atoms with Crippen molar-refractivity contribution in [3.63, 3.8) is 0 Å². The molecule has 1 amide bonds. The lowest BCUT2D eigenvalue weighted by Crippen LogP contribution is -2.44. The zero-order chi connectivity index (χ0) is 16.5. The van der Waals surface area contributed by atoms with Gasteiger partial charge in [0, 0.05) is 37.1 Å². The molecule has 1 atom stereocenters. The first-order chi connectivity index (χ1) is 11.8. The topological polar surface area (TPSA) is 47.4 Å². The van der Waals surface area contributed by atoms with Crippen LogP contribution in [0.2, 0.25) is 0 Å². The third kappa shape index (κ3) is 2.47. The van der Waals surface area contributed by atoms with Crippen LogP contribution in [0.4, 0.5) is 0 Å². The molecular weight excluding hydrogens is 302 g/mol. The minimum atomic E-state index is -0.0907. The van der Waals surface area contributed by atoms with Crippen LogP contribution in [0.1, 0.15) is 22.2 Å². The molecule has 0 N–H and O–H groups in total. The van der Waals surface area contributed by atoms with E-state index in [1.54, 1.807) is 6.20 Å². The largest absolute Gasteiger partial charge is 0.377 e. The van der Waals surface area contributed by atoms with Crippen molar-refractivity contribution in [1.82, 2.24) is 14.5 Å². The van der Waals surface area contributed by atoms with Gasteiger partial charge in [-0.25, -0.2) is 0 Å². The Morgan fingerprint density at radius 1 is 1.21 bits per heavy atom. The van der Waals surface area contributed by atoms with Crippen LogP contribution in [0.5, 0.6) is 0 Å². The quantitative estimate of drug-likeness (QED) is 0.729. The van der Waals surface area contributed by atoms with E-state index in [2.05, 4.69) is 4.98 Å². The van der Waals surface area contributed by atoms with Crippen LogP contribution >= 0.6 is 0 Å². The van der Waals surface area contributed by atoms with Gasteiger partial charge in [0.2, 0.25) is 0 Å².